The van der Waals surface area contributed by atoms with Crippen LogP contribution in [0.4, 0.5) is 0 Å². The van der Waals surface area contributed by atoms with E-state index in [4.69, 9.17) is 14.5 Å². The lowest BCUT2D eigenvalue weighted by Gasteiger charge is -2.19. The second-order valence-electron chi connectivity index (χ2n) is 12.0. The summed E-state index contributed by atoms with van der Waals surface area (Å²) in [5.41, 5.74) is 2.50. The van der Waals surface area contributed by atoms with Crippen LogP contribution in [0.3, 0.4) is 0 Å². The maximum absolute atomic E-state index is 13.5. The normalized spacial score (nSPS) is 14.6. The van der Waals surface area contributed by atoms with E-state index in [0.717, 1.165) is 55.9 Å². The molecule has 1 amide bonds. The van der Waals surface area contributed by atoms with Gasteiger partial charge in [-0.05, 0) is 87.1 Å². The lowest BCUT2D eigenvalue weighted by molar-refractivity contribution is -0.142. The van der Waals surface area contributed by atoms with Crippen LogP contribution in [0.5, 0.6) is 11.5 Å². The van der Waals surface area contributed by atoms with Crippen molar-refractivity contribution in [2.24, 2.45) is 5.92 Å². The number of nitrogens with zero attached hydrogens (tertiary/aromatic N) is 1. The minimum absolute atomic E-state index is 0.0737. The van der Waals surface area contributed by atoms with E-state index in [2.05, 4.69) is 54.2 Å². The van der Waals surface area contributed by atoms with Gasteiger partial charge < -0.3 is 14.8 Å². The number of thiophene rings is 1. The van der Waals surface area contributed by atoms with Gasteiger partial charge in [-0.3, -0.25) is 4.79 Å². The third-order valence-corrected chi connectivity index (χ3v) is 9.50. The zero-order valence-electron chi connectivity index (χ0n) is 24.5. The summed E-state index contributed by atoms with van der Waals surface area (Å²) in [7, 11) is 1.33. The molecule has 0 aliphatic heterocycles. The Morgan fingerprint density at radius 3 is 2.38 bits per heavy atom. The molecule has 1 atom stereocenters. The Morgan fingerprint density at radius 2 is 1.74 bits per heavy atom. The number of pyridine rings is 1. The third-order valence-electron chi connectivity index (χ3n) is 7.85. The Bertz CT molecular complexity index is 1570. The van der Waals surface area contributed by atoms with Crippen LogP contribution in [0.1, 0.15) is 73.1 Å². The molecule has 1 aliphatic rings. The van der Waals surface area contributed by atoms with Crippen LogP contribution in [0, 0.1) is 5.92 Å². The van der Waals surface area contributed by atoms with Crippen LogP contribution in [0.25, 0.3) is 10.8 Å². The van der Waals surface area contributed by atoms with E-state index < -0.39 is 17.9 Å². The van der Waals surface area contributed by atoms with Crippen LogP contribution in [-0.4, -0.2) is 30.0 Å². The minimum atomic E-state index is -0.815. The monoisotopic (exact) mass is 648 g/mol. The first kappa shape index (κ1) is 30.2. The summed E-state index contributed by atoms with van der Waals surface area (Å²) in [6.45, 7) is 6.58. The Hall–Kier alpha value is -3.23. The number of benzene rings is 2. The number of hydrogen-bond donors (Lipinski definition) is 1. The van der Waals surface area contributed by atoms with E-state index in [1.807, 2.05) is 42.5 Å². The first-order chi connectivity index (χ1) is 20.1. The molecule has 0 bridgehead atoms. The first-order valence-corrected chi connectivity index (χ1v) is 16.0. The molecule has 2 heterocycles. The molecular weight excluding hydrogens is 612 g/mol. The fourth-order valence-corrected chi connectivity index (χ4v) is 7.04. The summed E-state index contributed by atoms with van der Waals surface area (Å²) >= 11 is 4.98. The average Bonchev–Trinajstić information content (AvgIpc) is 3.63. The number of carbonyl (C=O) groups is 2. The maximum atomic E-state index is 13.5. The van der Waals surface area contributed by atoms with Gasteiger partial charge in [-0.2, -0.15) is 0 Å². The fraction of sp³-hybridized carbons (Fsp3) is 0.382. The van der Waals surface area contributed by atoms with Gasteiger partial charge in [0.2, 0.25) is 0 Å². The third kappa shape index (κ3) is 7.39. The molecule has 1 N–H and O–H groups in total. The standard InChI is InChI=1S/C34H37BrN2O4S/c1-34(2,3)23-10-13-24(14-11-23)41-25-12-9-22-18-29(36-28(27(22)19-25)17-21-7-5-6-8-21)32(38)37-30(33(39)40-4)20-26-15-16-31(35)42-26/h9-16,18-19,21,30H,5-8,17,20H2,1-4H3,(H,37,38)/t30-/m1/s1. The molecule has 8 heteroatoms. The maximum Gasteiger partial charge on any atom is 0.328 e. The largest absolute Gasteiger partial charge is 0.467 e. The fourth-order valence-electron chi connectivity index (χ4n) is 5.51. The van der Waals surface area contributed by atoms with Gasteiger partial charge in [0.25, 0.3) is 5.91 Å². The Morgan fingerprint density at radius 1 is 1.02 bits per heavy atom. The van der Waals surface area contributed by atoms with Crippen LogP contribution in [-0.2, 0) is 27.8 Å². The van der Waals surface area contributed by atoms with Crippen molar-refractivity contribution in [2.45, 2.75) is 70.8 Å². The van der Waals surface area contributed by atoms with Gasteiger partial charge in [0.15, 0.2) is 0 Å². The smallest absolute Gasteiger partial charge is 0.328 e. The van der Waals surface area contributed by atoms with Crippen molar-refractivity contribution >= 4 is 49.9 Å². The van der Waals surface area contributed by atoms with E-state index in [-0.39, 0.29) is 5.41 Å². The Labute approximate surface area is 260 Å². The number of nitrogens with one attached hydrogen (secondary N) is 1. The number of halogens is 1. The highest BCUT2D eigenvalue weighted by atomic mass is 79.9. The van der Waals surface area contributed by atoms with E-state index in [1.165, 1.54) is 36.9 Å². The highest BCUT2D eigenvalue weighted by molar-refractivity contribution is 9.11. The van der Waals surface area contributed by atoms with Crippen molar-refractivity contribution in [3.8, 4) is 11.5 Å². The average molecular weight is 650 g/mol. The molecule has 6 nitrogen and oxygen atoms in total. The van der Waals surface area contributed by atoms with Crippen LogP contribution >= 0.6 is 27.3 Å². The van der Waals surface area contributed by atoms with Gasteiger partial charge in [0.1, 0.15) is 23.2 Å². The highest BCUT2D eigenvalue weighted by Crippen LogP contribution is 2.33. The van der Waals surface area contributed by atoms with Crippen molar-refractivity contribution in [1.29, 1.82) is 0 Å². The van der Waals surface area contributed by atoms with Crippen molar-refractivity contribution in [3.05, 3.63) is 86.3 Å². The quantitative estimate of drug-likeness (QED) is 0.184. The van der Waals surface area contributed by atoms with Gasteiger partial charge >= 0.3 is 5.97 Å². The van der Waals surface area contributed by atoms with E-state index >= 15 is 0 Å². The summed E-state index contributed by atoms with van der Waals surface area (Å²) in [6.07, 6.45) is 5.91. The molecule has 42 heavy (non-hydrogen) atoms. The molecule has 0 spiro atoms. The summed E-state index contributed by atoms with van der Waals surface area (Å²) in [6, 6.07) is 19.0. The predicted molar refractivity (Wildman–Crippen MR) is 172 cm³/mol. The highest BCUT2D eigenvalue weighted by Gasteiger charge is 2.25. The molecule has 4 aromatic rings. The molecule has 0 radical (unpaired) electrons. The summed E-state index contributed by atoms with van der Waals surface area (Å²) in [5, 5.41) is 4.77. The molecule has 1 fully saturated rings. The number of aromatic nitrogens is 1. The van der Waals surface area contributed by atoms with Gasteiger partial charge in [0, 0.05) is 22.4 Å². The molecule has 0 saturated heterocycles. The second-order valence-corrected chi connectivity index (χ2v) is 14.6. The van der Waals surface area contributed by atoms with E-state index in [0.29, 0.717) is 18.0 Å². The number of esters is 1. The molecule has 0 unspecified atom stereocenters. The summed E-state index contributed by atoms with van der Waals surface area (Å²) in [4.78, 5) is 31.9. The number of amides is 1. The predicted octanol–water partition coefficient (Wildman–Crippen LogP) is 8.40. The van der Waals surface area contributed by atoms with Crippen molar-refractivity contribution in [1.82, 2.24) is 10.3 Å². The van der Waals surface area contributed by atoms with Gasteiger partial charge in [-0.15, -0.1) is 11.3 Å². The number of hydrogen-bond acceptors (Lipinski definition) is 6. The van der Waals surface area contributed by atoms with Crippen LogP contribution in [0.2, 0.25) is 0 Å². The molecule has 220 valence electrons. The van der Waals surface area contributed by atoms with Crippen molar-refractivity contribution < 1.29 is 19.1 Å². The Balaban J connectivity index is 1.43. The topological polar surface area (TPSA) is 77.5 Å². The zero-order valence-corrected chi connectivity index (χ0v) is 26.9. The van der Waals surface area contributed by atoms with Crippen LogP contribution in [0.15, 0.2) is 64.5 Å². The number of ether oxygens (including phenoxy) is 2. The van der Waals surface area contributed by atoms with Gasteiger partial charge in [-0.1, -0.05) is 64.7 Å². The number of carbonyl (C=O) groups excluding carboxylic acids is 2. The molecular formula is C34H37BrN2O4S. The summed E-state index contributed by atoms with van der Waals surface area (Å²) in [5.74, 6) is 1.15. The van der Waals surface area contributed by atoms with E-state index in [9.17, 15) is 9.59 Å². The lowest BCUT2D eigenvalue weighted by Crippen LogP contribution is -2.43. The SMILES string of the molecule is COC(=O)[C@@H](Cc1ccc(Br)s1)NC(=O)c1cc2ccc(Oc3ccc(C(C)(C)C)cc3)cc2c(CC2CCCC2)n1. The lowest BCUT2D eigenvalue weighted by atomic mass is 9.87. The van der Waals surface area contributed by atoms with Crippen molar-refractivity contribution in [3.63, 3.8) is 0 Å². The van der Waals surface area contributed by atoms with Crippen LogP contribution < -0.4 is 10.1 Å². The Kier molecular flexibility index (Phi) is 9.33. The van der Waals surface area contributed by atoms with E-state index in [1.54, 1.807) is 6.07 Å². The number of methoxy groups -OCH3 is 1. The number of rotatable bonds is 9. The molecule has 1 saturated carbocycles. The minimum Gasteiger partial charge on any atom is -0.467 e. The number of fused-ring (bicyclic) bond motifs is 1. The second kappa shape index (κ2) is 13.0. The summed E-state index contributed by atoms with van der Waals surface area (Å²) < 4.78 is 12.2. The van der Waals surface area contributed by atoms with Crippen molar-refractivity contribution in [2.75, 3.05) is 7.11 Å². The zero-order chi connectivity index (χ0) is 29.9. The first-order valence-electron chi connectivity index (χ1n) is 14.4. The molecule has 2 aromatic heterocycles. The molecule has 5 rings (SSSR count). The van der Waals surface area contributed by atoms with Gasteiger partial charge in [0.05, 0.1) is 10.9 Å². The molecule has 2 aromatic carbocycles. The molecule has 1 aliphatic carbocycles. The van der Waals surface area contributed by atoms with Gasteiger partial charge in [-0.25, -0.2) is 9.78 Å².